The van der Waals surface area contributed by atoms with Crippen molar-refractivity contribution in [1.82, 2.24) is 10.6 Å². The van der Waals surface area contributed by atoms with Gasteiger partial charge in [0, 0.05) is 57.4 Å². The molecule has 0 amide bonds. The molecule has 7 heterocycles. The van der Waals surface area contributed by atoms with E-state index < -0.39 is 257 Å². The van der Waals surface area contributed by atoms with E-state index in [0.29, 0.717) is 37.3 Å². The zero-order valence-corrected chi connectivity index (χ0v) is 61.9. The van der Waals surface area contributed by atoms with Crippen molar-refractivity contribution in [3.8, 4) is 0 Å². The number of methoxy groups -OCH3 is 1. The second-order valence-corrected chi connectivity index (χ2v) is 31.8. The largest absolute Gasteiger partial charge is 0.394 e. The molecule has 7 rings (SSSR count). The standard InChI is InChI=1S/C61H110N2O37S5/c1-25-32(94-53(87-2)43(80)33(25)70)20-102-13-6-62-60(101)63-21-61(22-88-7-3-10-103-57-47(84)40(77)50(29(17-67)95-57)98-54-44(81)37(74)34(71)26(14-64)91-54,23-89-8-4-11-104-58-48(85)41(78)51(30(18-68)96-58)99-55-45(82)38(75)35(72)27(15-65)92-55)24-90-9-5-12-105-59-49(86)42(79)52(31(19-69)97-59)100-56-46(83)39(76)36(73)28(16-66)93-56/h25-59,64-86H,3-24H2,1-2H3,(H2,62,63,101)/t25?,26?,27?,28?,29?,30?,31?,32?,33-,34-,35-,36-,37-,38-,39-,40+,41+,42+,43?,44?,45?,46?,47?,48?,49?,50+,51+,52+,53-,54-,55-,56-,57-,58-,59-,61?/m0/s1. The molecule has 0 aliphatic carbocycles. The summed E-state index contributed by atoms with van der Waals surface area (Å²) in [5.41, 5.74) is -4.49. The molecule has 0 aromatic heterocycles. The van der Waals surface area contributed by atoms with Crippen molar-refractivity contribution in [2.24, 2.45) is 11.3 Å². The van der Waals surface area contributed by atoms with Crippen LogP contribution in [0.4, 0.5) is 0 Å². The van der Waals surface area contributed by atoms with Crippen LogP contribution in [0.15, 0.2) is 0 Å². The van der Waals surface area contributed by atoms with E-state index in [0.717, 1.165) is 35.3 Å². The van der Waals surface area contributed by atoms with Crippen LogP contribution in [-0.2, 0) is 66.3 Å². The molecule has 0 spiro atoms. The molecule has 616 valence electrons. The summed E-state index contributed by atoms with van der Waals surface area (Å²) in [4.78, 5) is 0. The van der Waals surface area contributed by atoms with Crippen molar-refractivity contribution in [2.45, 2.75) is 232 Å². The van der Waals surface area contributed by atoms with Crippen molar-refractivity contribution >= 4 is 64.4 Å². The van der Waals surface area contributed by atoms with Crippen LogP contribution in [0.25, 0.3) is 0 Å². The summed E-state index contributed by atoms with van der Waals surface area (Å²) in [5, 5.41) is 248. The molecule has 7 saturated heterocycles. The van der Waals surface area contributed by atoms with E-state index in [4.69, 9.17) is 78.5 Å². The molecule has 39 nitrogen and oxygen atoms in total. The fourth-order valence-electron chi connectivity index (χ4n) is 12.5. The van der Waals surface area contributed by atoms with E-state index in [2.05, 4.69) is 10.6 Å². The molecule has 0 radical (unpaired) electrons. The SMILES string of the molecule is CO[C@H]1OC(CSCCNC(=S)NCC(COCCCS[C@@H]2OC(CO)[C@@H](O[C@@H]3OC(CO)[C@H](O)[C@H](O)C3O)[C@H](O)C2O)(COCCCS[C@@H]2OC(CO)[C@@H](O[C@@H]3OC(CO)[C@H](O)[C@H](O)C3O)[C@H](O)C2O)COCCCS[C@@H]2OC(CO)[C@@H](O[C@@H]3OC(CO)[C@H](O)[C@H](O)C3O)[C@H](O)C2O)C(C)[C@H](O)C1O. The van der Waals surface area contributed by atoms with Crippen LogP contribution in [0.1, 0.15) is 26.2 Å². The molecule has 0 saturated carbocycles. The molecule has 25 N–H and O–H groups in total. The summed E-state index contributed by atoms with van der Waals surface area (Å²) < 4.78 is 81.4. The Morgan fingerprint density at radius 1 is 0.371 bits per heavy atom. The first kappa shape index (κ1) is 91.8. The lowest BCUT2D eigenvalue weighted by atomic mass is 9.90. The molecule has 0 aromatic rings. The molecule has 0 bridgehead atoms. The number of hydrogen-bond donors (Lipinski definition) is 25. The number of thioether (sulfide) groups is 4. The number of aliphatic hydroxyl groups excluding tert-OH is 23. The van der Waals surface area contributed by atoms with Gasteiger partial charge in [-0.2, -0.15) is 11.8 Å². The monoisotopic (exact) mass is 1620 g/mol. The van der Waals surface area contributed by atoms with Gasteiger partial charge < -0.3 is 194 Å². The molecule has 15 unspecified atom stereocenters. The van der Waals surface area contributed by atoms with Crippen LogP contribution < -0.4 is 10.6 Å². The highest BCUT2D eigenvalue weighted by molar-refractivity contribution is 8.00. The third kappa shape index (κ3) is 24.3. The third-order valence-corrected chi connectivity index (χ3v) is 24.1. The molecular weight excluding hydrogens is 1510 g/mol. The summed E-state index contributed by atoms with van der Waals surface area (Å²) in [5.74, 6) is 1.31. The summed E-state index contributed by atoms with van der Waals surface area (Å²) in [6.45, 7) is -2.32. The molecule has 7 aliphatic heterocycles. The Balaban J connectivity index is 0.994. The lowest BCUT2D eigenvalue weighted by Crippen LogP contribution is -2.64. The van der Waals surface area contributed by atoms with Crippen molar-refractivity contribution < 1.29 is 184 Å². The van der Waals surface area contributed by atoms with Gasteiger partial charge >= 0.3 is 0 Å². The smallest absolute Gasteiger partial charge is 0.187 e. The first-order chi connectivity index (χ1) is 50.1. The minimum Gasteiger partial charge on any atom is -0.394 e. The lowest BCUT2D eigenvalue weighted by molar-refractivity contribution is -0.338. The van der Waals surface area contributed by atoms with Crippen LogP contribution >= 0.6 is 59.3 Å². The average Bonchev–Trinajstić information content (AvgIpc) is 0.789. The fourth-order valence-corrected chi connectivity index (χ4v) is 17.0. The van der Waals surface area contributed by atoms with Crippen molar-refractivity contribution in [2.75, 3.05) is 128 Å². The maximum atomic E-state index is 11.3. The normalized spacial score (nSPS) is 43.3. The molecule has 7 aliphatic rings. The first-order valence-corrected chi connectivity index (χ1v) is 39.3. The van der Waals surface area contributed by atoms with Gasteiger partial charge in [-0.25, -0.2) is 0 Å². The number of hydrogen-bond acceptors (Lipinski definition) is 42. The molecule has 105 heavy (non-hydrogen) atoms. The predicted octanol–water partition coefficient (Wildman–Crippen LogP) is -11.8. The highest BCUT2D eigenvalue weighted by Crippen LogP contribution is 2.38. The van der Waals surface area contributed by atoms with Gasteiger partial charge in [0.25, 0.3) is 0 Å². The number of nitrogens with one attached hydrogen (secondary N) is 2. The summed E-state index contributed by atoms with van der Waals surface area (Å²) >= 11 is 10.5. The summed E-state index contributed by atoms with van der Waals surface area (Å²) in [6, 6.07) is 0. The van der Waals surface area contributed by atoms with Crippen molar-refractivity contribution in [1.29, 1.82) is 0 Å². The zero-order chi connectivity index (χ0) is 77.0. The molecule has 44 heteroatoms. The highest BCUT2D eigenvalue weighted by atomic mass is 32.2. The Kier molecular flexibility index (Phi) is 39.4. The van der Waals surface area contributed by atoms with Crippen LogP contribution in [0.3, 0.4) is 0 Å². The minimum absolute atomic E-state index is 0.0506. The van der Waals surface area contributed by atoms with Crippen LogP contribution in [0.5, 0.6) is 0 Å². The minimum atomic E-state index is -1.86. The van der Waals surface area contributed by atoms with Gasteiger partial charge in [0.1, 0.15) is 169 Å². The van der Waals surface area contributed by atoms with E-state index in [-0.39, 0.29) is 68.6 Å². The number of ether oxygens (including phenoxy) is 14. The fraction of sp³-hybridized carbons (Fsp3) is 0.984. The number of aliphatic hydroxyl groups is 23. The Hall–Kier alpha value is -0.390. The van der Waals surface area contributed by atoms with Crippen LogP contribution in [0.2, 0.25) is 0 Å². The topological polar surface area (TPSA) is 619 Å². The molecular formula is C61H110N2O37S5. The van der Waals surface area contributed by atoms with Crippen molar-refractivity contribution in [3.05, 3.63) is 0 Å². The van der Waals surface area contributed by atoms with E-state index in [1.807, 2.05) is 0 Å². The second-order valence-electron chi connectivity index (χ2n) is 26.6. The Morgan fingerprint density at radius 3 is 1.02 bits per heavy atom. The first-order valence-electron chi connectivity index (χ1n) is 34.6. The lowest BCUT2D eigenvalue weighted by Gasteiger charge is -2.46. The summed E-state index contributed by atoms with van der Waals surface area (Å²) in [7, 11) is 1.37. The predicted molar refractivity (Wildman–Crippen MR) is 368 cm³/mol. The third-order valence-electron chi connectivity index (χ3n) is 19.0. The van der Waals surface area contributed by atoms with Gasteiger partial charge in [0.2, 0.25) is 0 Å². The van der Waals surface area contributed by atoms with Crippen LogP contribution in [-0.4, -0.2) is 457 Å². The van der Waals surface area contributed by atoms with E-state index in [1.54, 1.807) is 6.92 Å². The Labute approximate surface area is 627 Å². The molecule has 0 aromatic carbocycles. The van der Waals surface area contributed by atoms with Gasteiger partial charge in [0.15, 0.2) is 30.3 Å². The highest BCUT2D eigenvalue weighted by Gasteiger charge is 2.55. The quantitative estimate of drug-likeness (QED) is 0.0200. The van der Waals surface area contributed by atoms with Gasteiger partial charge in [-0.05, 0) is 48.7 Å². The van der Waals surface area contributed by atoms with E-state index in [1.165, 1.54) is 18.9 Å². The van der Waals surface area contributed by atoms with Crippen LogP contribution in [0, 0.1) is 11.3 Å². The molecule has 35 atom stereocenters. The average molecular weight is 1620 g/mol. The second kappa shape index (κ2) is 45.1. The maximum absolute atomic E-state index is 11.3. The van der Waals surface area contributed by atoms with Gasteiger partial charge in [-0.1, -0.05) is 6.92 Å². The maximum Gasteiger partial charge on any atom is 0.187 e. The van der Waals surface area contributed by atoms with Gasteiger partial charge in [-0.15, -0.1) is 35.3 Å². The van der Waals surface area contributed by atoms with E-state index >= 15 is 0 Å². The number of rotatable bonds is 41. The van der Waals surface area contributed by atoms with Crippen molar-refractivity contribution in [3.63, 3.8) is 0 Å². The van der Waals surface area contributed by atoms with E-state index in [9.17, 15) is 117 Å². The zero-order valence-electron chi connectivity index (χ0n) is 57.8. The van der Waals surface area contributed by atoms with Gasteiger partial charge in [-0.3, -0.25) is 0 Å². The summed E-state index contributed by atoms with van der Waals surface area (Å²) in [6.07, 6.45) is -46.7. The number of thiocarbonyl (C=S) groups is 1. The molecule has 7 fully saturated rings. The Bertz CT molecular complexity index is 2240. The van der Waals surface area contributed by atoms with Gasteiger partial charge in [0.05, 0.1) is 77.1 Å². The Morgan fingerprint density at radius 2 is 0.695 bits per heavy atom.